The molecule has 0 saturated carbocycles. The highest BCUT2D eigenvalue weighted by atomic mass is 35.5. The van der Waals surface area contributed by atoms with Crippen LogP contribution in [-0.4, -0.2) is 23.4 Å². The number of halogens is 2. The third-order valence-corrected chi connectivity index (χ3v) is 4.04. The summed E-state index contributed by atoms with van der Waals surface area (Å²) in [7, 11) is 0. The summed E-state index contributed by atoms with van der Waals surface area (Å²) < 4.78 is 0.875. The SMILES string of the molecule is N#CC1CCCN1C(=O)c1cc(Cl)sc1Cl. The average molecular weight is 275 g/mol. The van der Waals surface area contributed by atoms with Crippen LogP contribution in [0.4, 0.5) is 0 Å². The van der Waals surface area contributed by atoms with E-state index in [1.807, 2.05) is 0 Å². The molecule has 0 bridgehead atoms. The van der Waals surface area contributed by atoms with E-state index in [-0.39, 0.29) is 11.9 Å². The minimum Gasteiger partial charge on any atom is -0.323 e. The van der Waals surface area contributed by atoms with Gasteiger partial charge in [0.15, 0.2) is 0 Å². The van der Waals surface area contributed by atoms with E-state index in [1.54, 1.807) is 11.0 Å². The van der Waals surface area contributed by atoms with Gasteiger partial charge in [-0.25, -0.2) is 0 Å². The number of amides is 1. The molecule has 2 heterocycles. The molecule has 1 aliphatic heterocycles. The second-order valence-corrected chi connectivity index (χ2v) is 5.81. The second-order valence-electron chi connectivity index (χ2n) is 3.52. The number of likely N-dealkylation sites (tertiary alicyclic amines) is 1. The molecule has 2 rings (SSSR count). The molecule has 1 saturated heterocycles. The van der Waals surface area contributed by atoms with Gasteiger partial charge in [0.05, 0.1) is 16.0 Å². The summed E-state index contributed by atoms with van der Waals surface area (Å²) in [6, 6.07) is 3.35. The quantitative estimate of drug-likeness (QED) is 0.790. The molecule has 0 aromatic carbocycles. The van der Waals surface area contributed by atoms with Gasteiger partial charge in [0.1, 0.15) is 10.4 Å². The molecule has 1 fully saturated rings. The van der Waals surface area contributed by atoms with Gasteiger partial charge in [-0.3, -0.25) is 4.79 Å². The van der Waals surface area contributed by atoms with Crippen LogP contribution in [0, 0.1) is 11.3 Å². The first-order chi connectivity index (χ1) is 7.63. The van der Waals surface area contributed by atoms with Crippen LogP contribution < -0.4 is 0 Å². The molecule has 1 amide bonds. The van der Waals surface area contributed by atoms with Gasteiger partial charge in [0.25, 0.3) is 5.91 Å². The van der Waals surface area contributed by atoms with E-state index in [2.05, 4.69) is 6.07 Å². The summed E-state index contributed by atoms with van der Waals surface area (Å²) in [5, 5.41) is 8.91. The van der Waals surface area contributed by atoms with Gasteiger partial charge >= 0.3 is 0 Å². The molecular formula is C10H8Cl2N2OS. The van der Waals surface area contributed by atoms with Gasteiger partial charge in [0, 0.05) is 6.54 Å². The Morgan fingerprint density at radius 1 is 1.62 bits per heavy atom. The first-order valence-electron chi connectivity index (χ1n) is 4.79. The van der Waals surface area contributed by atoms with Gasteiger partial charge in [0.2, 0.25) is 0 Å². The molecule has 3 nitrogen and oxygen atoms in total. The number of hydrogen-bond donors (Lipinski definition) is 0. The summed E-state index contributed by atoms with van der Waals surface area (Å²) in [6.07, 6.45) is 1.59. The number of carbonyl (C=O) groups is 1. The normalized spacial score (nSPS) is 19.8. The van der Waals surface area contributed by atoms with Crippen LogP contribution >= 0.6 is 34.5 Å². The standard InChI is InChI=1S/C10H8Cl2N2OS/c11-8-4-7(9(12)16-8)10(15)14-3-1-2-6(14)5-13/h4,6H,1-3H2. The van der Waals surface area contributed by atoms with Crippen molar-refractivity contribution in [1.29, 1.82) is 5.26 Å². The van der Waals surface area contributed by atoms with E-state index in [4.69, 9.17) is 28.5 Å². The molecule has 1 aromatic rings. The molecule has 0 radical (unpaired) electrons. The van der Waals surface area contributed by atoms with E-state index in [9.17, 15) is 4.79 Å². The van der Waals surface area contributed by atoms with Crippen molar-refractivity contribution in [1.82, 2.24) is 4.90 Å². The zero-order valence-corrected chi connectivity index (χ0v) is 10.6. The average Bonchev–Trinajstić information content (AvgIpc) is 2.83. The van der Waals surface area contributed by atoms with Crippen molar-refractivity contribution in [2.24, 2.45) is 0 Å². The van der Waals surface area contributed by atoms with Gasteiger partial charge in [-0.1, -0.05) is 23.2 Å². The van der Waals surface area contributed by atoms with Gasteiger partial charge < -0.3 is 4.90 Å². The maximum absolute atomic E-state index is 12.1. The highest BCUT2D eigenvalue weighted by molar-refractivity contribution is 7.20. The summed E-state index contributed by atoms with van der Waals surface area (Å²) in [5.41, 5.74) is 0.402. The van der Waals surface area contributed by atoms with E-state index in [1.165, 1.54) is 11.3 Å². The van der Waals surface area contributed by atoms with Crippen LogP contribution in [-0.2, 0) is 0 Å². The zero-order valence-electron chi connectivity index (χ0n) is 8.24. The highest BCUT2D eigenvalue weighted by Crippen LogP contribution is 2.33. The monoisotopic (exact) mass is 274 g/mol. The number of hydrogen-bond acceptors (Lipinski definition) is 3. The molecule has 1 aromatic heterocycles. The van der Waals surface area contributed by atoms with E-state index in [0.29, 0.717) is 20.8 Å². The first-order valence-corrected chi connectivity index (χ1v) is 6.36. The molecule has 0 aliphatic carbocycles. The summed E-state index contributed by atoms with van der Waals surface area (Å²) in [5.74, 6) is -0.197. The number of nitrogens with zero attached hydrogens (tertiary/aromatic N) is 2. The Kier molecular flexibility index (Phi) is 3.38. The predicted molar refractivity (Wildman–Crippen MR) is 64.0 cm³/mol. The summed E-state index contributed by atoms with van der Waals surface area (Å²) in [6.45, 7) is 0.612. The third-order valence-electron chi connectivity index (χ3n) is 2.55. The van der Waals surface area contributed by atoms with Crippen molar-refractivity contribution in [3.05, 3.63) is 20.3 Å². The fourth-order valence-corrected chi connectivity index (χ4v) is 3.23. The lowest BCUT2D eigenvalue weighted by molar-refractivity contribution is 0.0765. The van der Waals surface area contributed by atoms with Crippen molar-refractivity contribution in [2.45, 2.75) is 18.9 Å². The Morgan fingerprint density at radius 3 is 2.94 bits per heavy atom. The molecule has 0 N–H and O–H groups in total. The molecule has 16 heavy (non-hydrogen) atoms. The third kappa shape index (κ3) is 2.03. The lowest BCUT2D eigenvalue weighted by atomic mass is 10.2. The summed E-state index contributed by atoms with van der Waals surface area (Å²) >= 11 is 12.9. The Morgan fingerprint density at radius 2 is 2.38 bits per heavy atom. The first kappa shape index (κ1) is 11.7. The van der Waals surface area contributed by atoms with Crippen LogP contribution in [0.1, 0.15) is 23.2 Å². The zero-order chi connectivity index (χ0) is 11.7. The minimum absolute atomic E-state index is 0.197. The maximum atomic E-state index is 12.1. The maximum Gasteiger partial charge on any atom is 0.257 e. The van der Waals surface area contributed by atoms with Crippen LogP contribution in [0.3, 0.4) is 0 Å². The minimum atomic E-state index is -0.331. The lowest BCUT2D eigenvalue weighted by Crippen LogP contribution is -2.34. The van der Waals surface area contributed by atoms with E-state index in [0.717, 1.165) is 12.8 Å². The van der Waals surface area contributed by atoms with Crippen LogP contribution in [0.25, 0.3) is 0 Å². The number of carbonyl (C=O) groups excluding carboxylic acids is 1. The van der Waals surface area contributed by atoms with Crippen molar-refractivity contribution >= 4 is 40.4 Å². The largest absolute Gasteiger partial charge is 0.323 e. The van der Waals surface area contributed by atoms with Crippen LogP contribution in [0.2, 0.25) is 8.67 Å². The Hall–Kier alpha value is -0.760. The van der Waals surface area contributed by atoms with Gasteiger partial charge in [-0.05, 0) is 18.9 Å². The van der Waals surface area contributed by atoms with E-state index < -0.39 is 0 Å². The highest BCUT2D eigenvalue weighted by Gasteiger charge is 2.30. The Bertz CT molecular complexity index is 466. The van der Waals surface area contributed by atoms with Crippen LogP contribution in [0.15, 0.2) is 6.07 Å². The predicted octanol–water partition coefficient (Wildman–Crippen LogP) is 3.18. The Labute approximate surface area is 107 Å². The molecule has 0 spiro atoms. The number of thiophene rings is 1. The van der Waals surface area contributed by atoms with Gasteiger partial charge in [-0.15, -0.1) is 11.3 Å². The van der Waals surface area contributed by atoms with Crippen LogP contribution in [0.5, 0.6) is 0 Å². The molecule has 1 atom stereocenters. The Balaban J connectivity index is 2.26. The molecule has 6 heteroatoms. The van der Waals surface area contributed by atoms with Crippen molar-refractivity contribution < 1.29 is 4.79 Å². The lowest BCUT2D eigenvalue weighted by Gasteiger charge is -2.18. The van der Waals surface area contributed by atoms with Crippen molar-refractivity contribution in [3.8, 4) is 6.07 Å². The number of rotatable bonds is 1. The molecule has 1 aliphatic rings. The van der Waals surface area contributed by atoms with Crippen molar-refractivity contribution in [3.63, 3.8) is 0 Å². The fraction of sp³-hybridized carbons (Fsp3) is 0.400. The molecule has 84 valence electrons. The van der Waals surface area contributed by atoms with Gasteiger partial charge in [-0.2, -0.15) is 5.26 Å². The fourth-order valence-electron chi connectivity index (χ4n) is 1.78. The van der Waals surface area contributed by atoms with E-state index >= 15 is 0 Å². The topological polar surface area (TPSA) is 44.1 Å². The molecular weight excluding hydrogens is 267 g/mol. The molecule has 1 unspecified atom stereocenters. The van der Waals surface area contributed by atoms with Crippen molar-refractivity contribution in [2.75, 3.05) is 6.54 Å². The second kappa shape index (κ2) is 4.62. The summed E-state index contributed by atoms with van der Waals surface area (Å²) in [4.78, 5) is 13.6. The smallest absolute Gasteiger partial charge is 0.257 e. The number of nitriles is 1.